The molecule has 0 saturated carbocycles. The van der Waals surface area contributed by atoms with Crippen LogP contribution in [-0.2, 0) is 11.3 Å². The molecule has 0 radical (unpaired) electrons. The van der Waals surface area contributed by atoms with E-state index in [4.69, 9.17) is 4.74 Å². The van der Waals surface area contributed by atoms with Crippen molar-refractivity contribution in [2.75, 3.05) is 31.2 Å². The molecule has 1 aromatic heterocycles. The molecule has 1 fully saturated rings. The zero-order valence-electron chi connectivity index (χ0n) is 11.0. The van der Waals surface area contributed by atoms with Gasteiger partial charge in [0.2, 0.25) is 0 Å². The van der Waals surface area contributed by atoms with E-state index in [1.165, 1.54) is 5.56 Å². The van der Waals surface area contributed by atoms with Crippen LogP contribution < -0.4 is 4.90 Å². The van der Waals surface area contributed by atoms with Crippen molar-refractivity contribution in [3.05, 3.63) is 48.2 Å². The summed E-state index contributed by atoms with van der Waals surface area (Å²) in [7, 11) is 0. The highest BCUT2D eigenvalue weighted by Crippen LogP contribution is 2.13. The summed E-state index contributed by atoms with van der Waals surface area (Å²) in [5.41, 5.74) is 1.27. The molecule has 4 nitrogen and oxygen atoms in total. The molecule has 2 heterocycles. The van der Waals surface area contributed by atoms with Crippen molar-refractivity contribution < 1.29 is 4.74 Å². The lowest BCUT2D eigenvalue weighted by molar-refractivity contribution is 0.152. The second-order valence-corrected chi connectivity index (χ2v) is 4.81. The molecule has 1 aliphatic rings. The Hall–Kier alpha value is -1.81. The normalized spacial score (nSPS) is 16.3. The summed E-state index contributed by atoms with van der Waals surface area (Å²) in [6.07, 6.45) is 3.12. The van der Waals surface area contributed by atoms with E-state index in [0.717, 1.165) is 45.1 Å². The van der Waals surface area contributed by atoms with Gasteiger partial charge in [0.1, 0.15) is 0 Å². The molecule has 4 heteroatoms. The molecule has 2 aromatic rings. The van der Waals surface area contributed by atoms with Crippen LogP contribution in [0, 0.1) is 0 Å². The fraction of sp³-hybridized carbons (Fsp3) is 0.400. The average Bonchev–Trinajstić information content (AvgIpc) is 2.74. The molecular weight excluding hydrogens is 238 g/mol. The maximum Gasteiger partial charge on any atom is 0.150 e. The summed E-state index contributed by atoms with van der Waals surface area (Å²) in [5, 5.41) is 4.66. The van der Waals surface area contributed by atoms with Crippen molar-refractivity contribution in [1.29, 1.82) is 0 Å². The Bertz CT molecular complexity index is 501. The Morgan fingerprint density at radius 2 is 1.95 bits per heavy atom. The smallest absolute Gasteiger partial charge is 0.150 e. The maximum absolute atomic E-state index is 5.47. The molecule has 0 bridgehead atoms. The Labute approximate surface area is 113 Å². The zero-order chi connectivity index (χ0) is 12.9. The van der Waals surface area contributed by atoms with Crippen molar-refractivity contribution in [3.8, 4) is 0 Å². The second-order valence-electron chi connectivity index (χ2n) is 4.81. The van der Waals surface area contributed by atoms with E-state index in [9.17, 15) is 0 Å². The Morgan fingerprint density at radius 1 is 1.05 bits per heavy atom. The van der Waals surface area contributed by atoms with Gasteiger partial charge in [-0.3, -0.25) is 4.68 Å². The van der Waals surface area contributed by atoms with Gasteiger partial charge in [-0.1, -0.05) is 30.3 Å². The first-order valence-corrected chi connectivity index (χ1v) is 6.82. The highest BCUT2D eigenvalue weighted by atomic mass is 16.5. The highest BCUT2D eigenvalue weighted by molar-refractivity contribution is 5.37. The summed E-state index contributed by atoms with van der Waals surface area (Å²) >= 11 is 0. The molecule has 0 unspecified atom stereocenters. The highest BCUT2D eigenvalue weighted by Gasteiger charge is 2.12. The Balaban J connectivity index is 1.68. The lowest BCUT2D eigenvalue weighted by Gasteiger charge is -2.18. The van der Waals surface area contributed by atoms with Crippen LogP contribution in [0.4, 0.5) is 5.82 Å². The zero-order valence-corrected chi connectivity index (χ0v) is 11.0. The lowest BCUT2D eigenvalue weighted by Crippen LogP contribution is -2.26. The first-order chi connectivity index (χ1) is 9.42. The summed E-state index contributed by atoms with van der Waals surface area (Å²) in [5.74, 6) is 1.06. The third-order valence-corrected chi connectivity index (χ3v) is 3.36. The summed E-state index contributed by atoms with van der Waals surface area (Å²) < 4.78 is 7.47. The van der Waals surface area contributed by atoms with E-state index < -0.39 is 0 Å². The Kier molecular flexibility index (Phi) is 3.79. The van der Waals surface area contributed by atoms with E-state index in [-0.39, 0.29) is 0 Å². The van der Waals surface area contributed by atoms with Crippen LogP contribution in [0.5, 0.6) is 0 Å². The van der Waals surface area contributed by atoms with Gasteiger partial charge in [-0.15, -0.1) is 0 Å². The molecule has 0 spiro atoms. The van der Waals surface area contributed by atoms with Crippen LogP contribution in [0.2, 0.25) is 0 Å². The maximum atomic E-state index is 5.47. The van der Waals surface area contributed by atoms with Crippen LogP contribution in [0.3, 0.4) is 0 Å². The molecule has 100 valence electrons. The van der Waals surface area contributed by atoms with Gasteiger partial charge in [-0.2, -0.15) is 5.10 Å². The minimum Gasteiger partial charge on any atom is -0.380 e. The average molecular weight is 257 g/mol. The second kappa shape index (κ2) is 5.89. The van der Waals surface area contributed by atoms with Crippen molar-refractivity contribution in [2.24, 2.45) is 0 Å². The minimum absolute atomic E-state index is 0.797. The molecule has 0 atom stereocenters. The molecule has 1 aromatic carbocycles. The van der Waals surface area contributed by atoms with Crippen molar-refractivity contribution in [2.45, 2.75) is 13.0 Å². The van der Waals surface area contributed by atoms with Crippen LogP contribution in [-0.4, -0.2) is 36.1 Å². The van der Waals surface area contributed by atoms with Crippen LogP contribution >= 0.6 is 0 Å². The monoisotopic (exact) mass is 257 g/mol. The first-order valence-electron chi connectivity index (χ1n) is 6.82. The number of hydrogen-bond acceptors (Lipinski definition) is 3. The molecule has 1 saturated heterocycles. The largest absolute Gasteiger partial charge is 0.380 e. The predicted octanol–water partition coefficient (Wildman–Crippen LogP) is 2.16. The molecule has 0 N–H and O–H groups in total. The summed E-state index contributed by atoms with van der Waals surface area (Å²) in [6.45, 7) is 4.45. The first kappa shape index (κ1) is 12.2. The van der Waals surface area contributed by atoms with E-state index in [1.807, 2.05) is 16.9 Å². The van der Waals surface area contributed by atoms with Gasteiger partial charge in [0.15, 0.2) is 5.82 Å². The quantitative estimate of drug-likeness (QED) is 0.844. The molecule has 1 aliphatic heterocycles. The molecule has 3 rings (SSSR count). The Morgan fingerprint density at radius 3 is 2.84 bits per heavy atom. The van der Waals surface area contributed by atoms with Gasteiger partial charge in [-0.25, -0.2) is 0 Å². The van der Waals surface area contributed by atoms with E-state index >= 15 is 0 Å². The fourth-order valence-corrected chi connectivity index (χ4v) is 2.35. The van der Waals surface area contributed by atoms with E-state index in [1.54, 1.807) is 0 Å². The SMILES string of the molecule is c1ccc(Cn2ccc(N3CCCOCC3)n2)cc1. The minimum atomic E-state index is 0.797. The van der Waals surface area contributed by atoms with Gasteiger partial charge in [0.25, 0.3) is 0 Å². The van der Waals surface area contributed by atoms with Crippen molar-refractivity contribution in [3.63, 3.8) is 0 Å². The van der Waals surface area contributed by atoms with Crippen LogP contribution in [0.15, 0.2) is 42.6 Å². The van der Waals surface area contributed by atoms with Gasteiger partial charge < -0.3 is 9.64 Å². The number of aromatic nitrogens is 2. The van der Waals surface area contributed by atoms with E-state index in [0.29, 0.717) is 0 Å². The number of hydrogen-bond donors (Lipinski definition) is 0. The fourth-order valence-electron chi connectivity index (χ4n) is 2.35. The summed E-state index contributed by atoms with van der Waals surface area (Å²) in [4.78, 5) is 2.30. The third kappa shape index (κ3) is 3.15. The number of ether oxygens (including phenoxy) is 1. The summed E-state index contributed by atoms with van der Waals surface area (Å²) in [6, 6.07) is 12.5. The molecule has 0 aliphatic carbocycles. The third-order valence-electron chi connectivity index (χ3n) is 3.36. The standard InChI is InChI=1S/C15H19N3O/c1-2-5-14(6-3-1)13-18-9-7-15(16-18)17-8-4-11-19-12-10-17/h1-3,5-7,9H,4,8,10-13H2. The van der Waals surface area contributed by atoms with Gasteiger partial charge in [-0.05, 0) is 12.0 Å². The van der Waals surface area contributed by atoms with Crippen molar-refractivity contribution in [1.82, 2.24) is 9.78 Å². The number of benzene rings is 1. The van der Waals surface area contributed by atoms with Crippen LogP contribution in [0.25, 0.3) is 0 Å². The van der Waals surface area contributed by atoms with Gasteiger partial charge in [0.05, 0.1) is 13.2 Å². The van der Waals surface area contributed by atoms with Crippen molar-refractivity contribution >= 4 is 5.82 Å². The molecular formula is C15H19N3O. The molecule has 19 heavy (non-hydrogen) atoms. The number of nitrogens with zero attached hydrogens (tertiary/aromatic N) is 3. The molecule has 0 amide bonds. The van der Waals surface area contributed by atoms with Gasteiger partial charge >= 0.3 is 0 Å². The number of anilines is 1. The lowest BCUT2D eigenvalue weighted by atomic mass is 10.2. The van der Waals surface area contributed by atoms with Gasteiger partial charge in [0, 0.05) is 32.0 Å². The van der Waals surface area contributed by atoms with E-state index in [2.05, 4.69) is 40.3 Å². The number of rotatable bonds is 3. The predicted molar refractivity (Wildman–Crippen MR) is 75.4 cm³/mol. The van der Waals surface area contributed by atoms with Crippen LogP contribution in [0.1, 0.15) is 12.0 Å². The topological polar surface area (TPSA) is 30.3 Å².